The molecular weight excluding hydrogens is 386 g/mol. The normalized spacial score (nSPS) is 11.8. The van der Waals surface area contributed by atoms with E-state index in [0.29, 0.717) is 16.3 Å². The predicted molar refractivity (Wildman–Crippen MR) is 111 cm³/mol. The number of fused-ring (bicyclic) bond motifs is 1. The Bertz CT molecular complexity index is 1170. The number of hydrogen-bond donors (Lipinski definition) is 1. The summed E-state index contributed by atoms with van der Waals surface area (Å²) in [5.74, 6) is -0.771. The lowest BCUT2D eigenvalue weighted by atomic mass is 10.1. The fourth-order valence-electron chi connectivity index (χ4n) is 2.93. The fraction of sp³-hybridized carbons (Fsp3) is 0.0909. The number of esters is 1. The quantitative estimate of drug-likeness (QED) is 0.510. The molecule has 144 valence electrons. The van der Waals surface area contributed by atoms with Gasteiger partial charge in [-0.05, 0) is 24.3 Å². The van der Waals surface area contributed by atoms with Crippen LogP contribution in [0.3, 0.4) is 0 Å². The van der Waals surface area contributed by atoms with Crippen LogP contribution in [0.15, 0.2) is 72.1 Å². The number of benzene rings is 2. The Morgan fingerprint density at radius 3 is 2.52 bits per heavy atom. The molecular formula is C22H17N3O3S. The van der Waals surface area contributed by atoms with Gasteiger partial charge in [0.15, 0.2) is 5.69 Å². The molecule has 0 radical (unpaired) electrons. The minimum Gasteiger partial charge on any atom is -0.464 e. The molecule has 2 heterocycles. The van der Waals surface area contributed by atoms with E-state index in [1.54, 1.807) is 29.6 Å². The van der Waals surface area contributed by atoms with Crippen molar-refractivity contribution in [2.45, 2.75) is 6.04 Å². The molecule has 0 bridgehead atoms. The van der Waals surface area contributed by atoms with Crippen LogP contribution < -0.4 is 5.32 Å². The zero-order valence-corrected chi connectivity index (χ0v) is 16.3. The van der Waals surface area contributed by atoms with Gasteiger partial charge in [0.1, 0.15) is 11.0 Å². The number of carbonyl (C=O) groups is 2. The first-order chi connectivity index (χ1) is 14.2. The zero-order valence-electron chi connectivity index (χ0n) is 15.5. The number of hydrogen-bond acceptors (Lipinski definition) is 6. The molecule has 0 fully saturated rings. The number of ether oxygens (including phenoxy) is 1. The maximum Gasteiger partial charge on any atom is 0.357 e. The Hall–Kier alpha value is -3.58. The second-order valence-electron chi connectivity index (χ2n) is 6.26. The third-order valence-electron chi connectivity index (χ3n) is 4.39. The number of nitrogens with zero attached hydrogens (tertiary/aromatic N) is 2. The van der Waals surface area contributed by atoms with E-state index in [2.05, 4.69) is 10.3 Å². The lowest BCUT2D eigenvalue weighted by Crippen LogP contribution is -2.30. The van der Waals surface area contributed by atoms with E-state index in [1.807, 2.05) is 42.5 Å². The van der Waals surface area contributed by atoms with E-state index in [4.69, 9.17) is 9.72 Å². The van der Waals surface area contributed by atoms with Gasteiger partial charge in [0.05, 0.1) is 18.3 Å². The Morgan fingerprint density at radius 1 is 0.966 bits per heavy atom. The molecule has 0 aliphatic carbocycles. The Morgan fingerprint density at radius 2 is 1.72 bits per heavy atom. The van der Waals surface area contributed by atoms with Crippen molar-refractivity contribution >= 4 is 34.1 Å². The molecule has 1 unspecified atom stereocenters. The average molecular weight is 403 g/mol. The molecule has 2 aromatic carbocycles. The second-order valence-corrected chi connectivity index (χ2v) is 7.15. The first-order valence-corrected chi connectivity index (χ1v) is 9.79. The number of aromatic nitrogens is 2. The van der Waals surface area contributed by atoms with E-state index in [9.17, 15) is 9.59 Å². The lowest BCUT2D eigenvalue weighted by molar-refractivity contribution is 0.0594. The SMILES string of the molecule is COC(=O)c1csc(C(NC(=O)c2ccccc2)c2ccc3ccccc3n2)n1. The minimum atomic E-state index is -0.601. The minimum absolute atomic E-state index is 0.201. The van der Waals surface area contributed by atoms with Crippen LogP contribution in [0.2, 0.25) is 0 Å². The van der Waals surface area contributed by atoms with Gasteiger partial charge in [-0.25, -0.2) is 9.78 Å². The second kappa shape index (κ2) is 8.20. The molecule has 4 rings (SSSR count). The van der Waals surface area contributed by atoms with Crippen LogP contribution in [0.4, 0.5) is 0 Å². The van der Waals surface area contributed by atoms with Crippen molar-refractivity contribution in [2.24, 2.45) is 0 Å². The lowest BCUT2D eigenvalue weighted by Gasteiger charge is -2.17. The maximum absolute atomic E-state index is 12.8. The van der Waals surface area contributed by atoms with Crippen molar-refractivity contribution in [3.05, 3.63) is 94.1 Å². The standard InChI is InChI=1S/C22H17N3O3S/c1-28-22(27)18-13-29-21(24-18)19(25-20(26)15-8-3-2-4-9-15)17-12-11-14-7-5-6-10-16(14)23-17/h2-13,19H,1H3,(H,25,26). The first-order valence-electron chi connectivity index (χ1n) is 8.91. The molecule has 1 atom stereocenters. The molecule has 7 heteroatoms. The number of methoxy groups -OCH3 is 1. The largest absolute Gasteiger partial charge is 0.464 e. The molecule has 4 aromatic rings. The van der Waals surface area contributed by atoms with Crippen molar-refractivity contribution < 1.29 is 14.3 Å². The van der Waals surface area contributed by atoms with Gasteiger partial charge in [0.25, 0.3) is 5.91 Å². The van der Waals surface area contributed by atoms with Gasteiger partial charge in [0, 0.05) is 16.3 Å². The number of para-hydroxylation sites is 1. The summed E-state index contributed by atoms with van der Waals surface area (Å²) in [6, 6.07) is 19.9. The topological polar surface area (TPSA) is 81.2 Å². The van der Waals surface area contributed by atoms with Gasteiger partial charge in [-0.2, -0.15) is 0 Å². The Balaban J connectivity index is 1.74. The third kappa shape index (κ3) is 4.00. The van der Waals surface area contributed by atoms with Gasteiger partial charge in [-0.1, -0.05) is 42.5 Å². The molecule has 1 amide bonds. The molecule has 2 aromatic heterocycles. The number of thiazole rings is 1. The number of pyridine rings is 1. The van der Waals surface area contributed by atoms with Crippen LogP contribution in [0, 0.1) is 0 Å². The summed E-state index contributed by atoms with van der Waals surface area (Å²) in [6.45, 7) is 0. The van der Waals surface area contributed by atoms with Crippen LogP contribution in [-0.2, 0) is 4.74 Å². The molecule has 0 aliphatic heterocycles. The van der Waals surface area contributed by atoms with E-state index in [-0.39, 0.29) is 11.6 Å². The number of amides is 1. The van der Waals surface area contributed by atoms with Gasteiger partial charge < -0.3 is 10.1 Å². The molecule has 0 saturated carbocycles. The highest BCUT2D eigenvalue weighted by molar-refractivity contribution is 7.10. The molecule has 0 spiro atoms. The summed E-state index contributed by atoms with van der Waals surface area (Å²) in [5, 5.41) is 6.16. The molecule has 29 heavy (non-hydrogen) atoms. The third-order valence-corrected chi connectivity index (χ3v) is 5.30. The van der Waals surface area contributed by atoms with Gasteiger partial charge in [-0.3, -0.25) is 9.78 Å². The van der Waals surface area contributed by atoms with Crippen LogP contribution in [0.1, 0.15) is 37.6 Å². The summed E-state index contributed by atoms with van der Waals surface area (Å²) >= 11 is 1.27. The summed E-state index contributed by atoms with van der Waals surface area (Å²) in [7, 11) is 1.31. The van der Waals surface area contributed by atoms with Crippen molar-refractivity contribution in [2.75, 3.05) is 7.11 Å². The average Bonchev–Trinajstić information content (AvgIpc) is 3.27. The smallest absolute Gasteiger partial charge is 0.357 e. The van der Waals surface area contributed by atoms with E-state index in [0.717, 1.165) is 10.9 Å². The fourth-order valence-corrected chi connectivity index (χ4v) is 3.78. The Labute approximate surface area is 171 Å². The first kappa shape index (κ1) is 18.8. The van der Waals surface area contributed by atoms with Gasteiger partial charge in [-0.15, -0.1) is 11.3 Å². The number of carbonyl (C=O) groups excluding carboxylic acids is 2. The monoisotopic (exact) mass is 403 g/mol. The van der Waals surface area contributed by atoms with Crippen molar-refractivity contribution in [1.29, 1.82) is 0 Å². The molecule has 0 saturated heterocycles. The summed E-state index contributed by atoms with van der Waals surface area (Å²) < 4.78 is 4.75. The highest BCUT2D eigenvalue weighted by Crippen LogP contribution is 2.26. The molecule has 6 nitrogen and oxygen atoms in total. The van der Waals surface area contributed by atoms with E-state index >= 15 is 0 Å². The molecule has 0 aliphatic rings. The van der Waals surface area contributed by atoms with Crippen LogP contribution >= 0.6 is 11.3 Å². The maximum atomic E-state index is 12.8. The highest BCUT2D eigenvalue weighted by atomic mass is 32.1. The van der Waals surface area contributed by atoms with Crippen LogP contribution in [0.5, 0.6) is 0 Å². The van der Waals surface area contributed by atoms with E-state index < -0.39 is 12.0 Å². The van der Waals surface area contributed by atoms with Crippen LogP contribution in [0.25, 0.3) is 10.9 Å². The summed E-state index contributed by atoms with van der Waals surface area (Å²) in [6.07, 6.45) is 0. The highest BCUT2D eigenvalue weighted by Gasteiger charge is 2.24. The zero-order chi connectivity index (χ0) is 20.2. The number of rotatable bonds is 5. The van der Waals surface area contributed by atoms with E-state index in [1.165, 1.54) is 18.4 Å². The molecule has 1 N–H and O–H groups in total. The van der Waals surface area contributed by atoms with Gasteiger partial charge in [0.2, 0.25) is 0 Å². The van der Waals surface area contributed by atoms with Crippen LogP contribution in [-0.4, -0.2) is 29.0 Å². The number of nitrogens with one attached hydrogen (secondary N) is 1. The summed E-state index contributed by atoms with van der Waals surface area (Å²) in [4.78, 5) is 33.7. The Kier molecular flexibility index (Phi) is 5.31. The van der Waals surface area contributed by atoms with Crippen molar-refractivity contribution in [1.82, 2.24) is 15.3 Å². The summed E-state index contributed by atoms with van der Waals surface area (Å²) in [5.41, 5.74) is 2.18. The van der Waals surface area contributed by atoms with Crippen molar-refractivity contribution in [3.63, 3.8) is 0 Å². The van der Waals surface area contributed by atoms with Gasteiger partial charge >= 0.3 is 5.97 Å². The predicted octanol–water partition coefficient (Wildman–Crippen LogP) is 4.00. The van der Waals surface area contributed by atoms with Crippen molar-refractivity contribution in [3.8, 4) is 0 Å².